The molecule has 1 N–H and O–H groups in total. The summed E-state index contributed by atoms with van der Waals surface area (Å²) >= 11 is 0. The van der Waals surface area contributed by atoms with Crippen LogP contribution >= 0.6 is 0 Å². The molecular formula is C21H25N7O2. The number of rotatable bonds is 8. The minimum absolute atomic E-state index is 0.290. The standard InChI is InChI=1S/C21H25N7O2/c1-3-16-11-24-21-23-10-14(13-27(16)21)18-4-5-28-19(18)12-22-20(26-28)25-15-8-17(9-15)30-7-6-29-2/h4-5,10-13,15,17H,3,6-9H2,1-2H3,(H,25,26). The zero-order valence-electron chi connectivity index (χ0n) is 17.2. The first kappa shape index (κ1) is 19.0. The summed E-state index contributed by atoms with van der Waals surface area (Å²) in [6.07, 6.45) is 12.7. The molecule has 5 rings (SSSR count). The number of aromatic nitrogens is 6. The van der Waals surface area contributed by atoms with Crippen molar-refractivity contribution in [2.24, 2.45) is 0 Å². The summed E-state index contributed by atoms with van der Waals surface area (Å²) in [5.74, 6) is 1.34. The van der Waals surface area contributed by atoms with Gasteiger partial charge in [0, 0.05) is 48.6 Å². The average molecular weight is 407 g/mol. The molecule has 0 amide bonds. The normalized spacial score (nSPS) is 18.7. The Labute approximate surface area is 174 Å². The fourth-order valence-electron chi connectivity index (χ4n) is 3.83. The summed E-state index contributed by atoms with van der Waals surface area (Å²) in [5.41, 5.74) is 4.13. The second-order valence-corrected chi connectivity index (χ2v) is 7.56. The number of methoxy groups -OCH3 is 1. The maximum atomic E-state index is 5.73. The third-order valence-corrected chi connectivity index (χ3v) is 5.60. The molecule has 0 unspecified atom stereocenters. The quantitative estimate of drug-likeness (QED) is 0.449. The molecule has 0 saturated heterocycles. The van der Waals surface area contributed by atoms with Gasteiger partial charge >= 0.3 is 0 Å². The van der Waals surface area contributed by atoms with Crippen LogP contribution in [0.1, 0.15) is 25.5 Å². The second-order valence-electron chi connectivity index (χ2n) is 7.56. The number of ether oxygens (including phenoxy) is 2. The van der Waals surface area contributed by atoms with Gasteiger partial charge in [-0.2, -0.15) is 0 Å². The SMILES string of the molecule is CCc1cnc2ncc(-c3ccn4nc(NC5CC(OCCOC)C5)ncc34)cn12. The van der Waals surface area contributed by atoms with Crippen molar-refractivity contribution < 1.29 is 9.47 Å². The highest BCUT2D eigenvalue weighted by Crippen LogP contribution is 2.28. The van der Waals surface area contributed by atoms with E-state index in [0.717, 1.165) is 41.6 Å². The van der Waals surface area contributed by atoms with Gasteiger partial charge < -0.3 is 14.8 Å². The van der Waals surface area contributed by atoms with Gasteiger partial charge in [-0.15, -0.1) is 5.10 Å². The van der Waals surface area contributed by atoms with Crippen molar-refractivity contribution in [2.75, 3.05) is 25.6 Å². The van der Waals surface area contributed by atoms with E-state index in [1.165, 1.54) is 0 Å². The van der Waals surface area contributed by atoms with Crippen molar-refractivity contribution in [2.45, 2.75) is 38.3 Å². The lowest BCUT2D eigenvalue weighted by atomic mass is 9.89. The Morgan fingerprint density at radius 1 is 1.13 bits per heavy atom. The topological polar surface area (TPSA) is 90.9 Å². The monoisotopic (exact) mass is 407 g/mol. The highest BCUT2D eigenvalue weighted by Gasteiger charge is 2.30. The zero-order chi connectivity index (χ0) is 20.5. The molecule has 1 fully saturated rings. The molecule has 0 bridgehead atoms. The molecule has 0 aromatic carbocycles. The zero-order valence-corrected chi connectivity index (χ0v) is 17.2. The van der Waals surface area contributed by atoms with Gasteiger partial charge in [-0.25, -0.2) is 19.5 Å². The highest BCUT2D eigenvalue weighted by atomic mass is 16.5. The van der Waals surface area contributed by atoms with E-state index in [0.29, 0.717) is 31.0 Å². The molecule has 1 aliphatic rings. The summed E-state index contributed by atoms with van der Waals surface area (Å²) in [6.45, 7) is 3.39. The van der Waals surface area contributed by atoms with Gasteiger partial charge in [-0.1, -0.05) is 6.92 Å². The van der Waals surface area contributed by atoms with Crippen LogP contribution in [0.2, 0.25) is 0 Å². The van der Waals surface area contributed by atoms with E-state index < -0.39 is 0 Å². The van der Waals surface area contributed by atoms with Crippen LogP contribution in [0, 0.1) is 0 Å². The van der Waals surface area contributed by atoms with E-state index in [9.17, 15) is 0 Å². The van der Waals surface area contributed by atoms with E-state index in [-0.39, 0.29) is 6.10 Å². The third kappa shape index (κ3) is 3.50. The van der Waals surface area contributed by atoms with Gasteiger partial charge in [-0.05, 0) is 25.3 Å². The molecule has 0 spiro atoms. The fourth-order valence-corrected chi connectivity index (χ4v) is 3.83. The first-order valence-corrected chi connectivity index (χ1v) is 10.3. The van der Waals surface area contributed by atoms with E-state index in [2.05, 4.69) is 38.5 Å². The molecule has 9 nitrogen and oxygen atoms in total. The lowest BCUT2D eigenvalue weighted by Crippen LogP contribution is -2.41. The summed E-state index contributed by atoms with van der Waals surface area (Å²) in [5, 5.41) is 8.02. The Kier molecular flexibility index (Phi) is 5.06. The molecule has 30 heavy (non-hydrogen) atoms. The van der Waals surface area contributed by atoms with Gasteiger partial charge in [0.25, 0.3) is 0 Å². The number of anilines is 1. The number of imidazole rings is 1. The van der Waals surface area contributed by atoms with Crippen LogP contribution in [0.15, 0.2) is 37.1 Å². The van der Waals surface area contributed by atoms with Gasteiger partial charge in [0.1, 0.15) is 0 Å². The van der Waals surface area contributed by atoms with Crippen LogP contribution in [0.3, 0.4) is 0 Å². The molecule has 0 atom stereocenters. The van der Waals surface area contributed by atoms with Crippen LogP contribution in [-0.4, -0.2) is 61.4 Å². The predicted octanol–water partition coefficient (Wildman–Crippen LogP) is 2.61. The molecule has 4 aromatic heterocycles. The molecule has 9 heteroatoms. The molecular weight excluding hydrogens is 382 g/mol. The maximum Gasteiger partial charge on any atom is 0.241 e. The van der Waals surface area contributed by atoms with Crippen LogP contribution in [0.4, 0.5) is 5.95 Å². The van der Waals surface area contributed by atoms with Crippen LogP contribution < -0.4 is 5.32 Å². The van der Waals surface area contributed by atoms with Crippen molar-refractivity contribution in [1.82, 2.24) is 29.0 Å². The number of fused-ring (bicyclic) bond motifs is 2. The number of hydrogen-bond donors (Lipinski definition) is 1. The van der Waals surface area contributed by atoms with Crippen LogP contribution in [0.5, 0.6) is 0 Å². The summed E-state index contributed by atoms with van der Waals surface area (Å²) in [6, 6.07) is 2.38. The second kappa shape index (κ2) is 8.00. The van der Waals surface area contributed by atoms with Crippen LogP contribution in [-0.2, 0) is 15.9 Å². The van der Waals surface area contributed by atoms with E-state index in [1.807, 2.05) is 39.8 Å². The Morgan fingerprint density at radius 2 is 2.00 bits per heavy atom. The average Bonchev–Trinajstić information content (AvgIpc) is 3.34. The minimum Gasteiger partial charge on any atom is -0.382 e. The van der Waals surface area contributed by atoms with Crippen molar-refractivity contribution in [1.29, 1.82) is 0 Å². The Hall–Kier alpha value is -3.04. The number of nitrogens with one attached hydrogen (secondary N) is 1. The Morgan fingerprint density at radius 3 is 2.83 bits per heavy atom. The molecule has 0 aliphatic heterocycles. The summed E-state index contributed by atoms with van der Waals surface area (Å²) in [7, 11) is 1.68. The van der Waals surface area contributed by atoms with Gasteiger partial charge in [0.2, 0.25) is 11.7 Å². The maximum absolute atomic E-state index is 5.73. The lowest BCUT2D eigenvalue weighted by Gasteiger charge is -2.35. The largest absolute Gasteiger partial charge is 0.382 e. The molecule has 0 radical (unpaired) electrons. The first-order valence-electron chi connectivity index (χ1n) is 10.3. The Bertz CT molecular complexity index is 1160. The highest BCUT2D eigenvalue weighted by molar-refractivity contribution is 5.79. The Balaban J connectivity index is 1.31. The van der Waals surface area contributed by atoms with Crippen molar-refractivity contribution in [3.8, 4) is 11.1 Å². The van der Waals surface area contributed by atoms with Gasteiger partial charge in [0.15, 0.2) is 0 Å². The van der Waals surface area contributed by atoms with Gasteiger partial charge in [-0.3, -0.25) is 4.40 Å². The van der Waals surface area contributed by atoms with Crippen molar-refractivity contribution >= 4 is 17.2 Å². The van der Waals surface area contributed by atoms with Crippen LogP contribution in [0.25, 0.3) is 22.4 Å². The smallest absolute Gasteiger partial charge is 0.241 e. The number of hydrogen-bond acceptors (Lipinski definition) is 7. The lowest BCUT2D eigenvalue weighted by molar-refractivity contribution is -0.0261. The summed E-state index contributed by atoms with van der Waals surface area (Å²) in [4.78, 5) is 13.4. The van der Waals surface area contributed by atoms with Gasteiger partial charge in [0.05, 0.1) is 37.2 Å². The molecule has 4 aromatic rings. The summed E-state index contributed by atoms with van der Waals surface area (Å²) < 4.78 is 14.6. The molecule has 4 heterocycles. The van der Waals surface area contributed by atoms with Crippen molar-refractivity contribution in [3.63, 3.8) is 0 Å². The molecule has 1 aliphatic carbocycles. The minimum atomic E-state index is 0.290. The molecule has 1 saturated carbocycles. The fraction of sp³-hybridized carbons (Fsp3) is 0.429. The van der Waals surface area contributed by atoms with E-state index >= 15 is 0 Å². The van der Waals surface area contributed by atoms with E-state index in [1.54, 1.807) is 7.11 Å². The van der Waals surface area contributed by atoms with Crippen molar-refractivity contribution in [3.05, 3.63) is 42.7 Å². The number of nitrogens with zero attached hydrogens (tertiary/aromatic N) is 6. The third-order valence-electron chi connectivity index (χ3n) is 5.60. The van der Waals surface area contributed by atoms with E-state index in [4.69, 9.17) is 9.47 Å². The molecule has 156 valence electrons. The predicted molar refractivity (Wildman–Crippen MR) is 113 cm³/mol. The first-order chi connectivity index (χ1) is 14.7. The number of aryl methyl sites for hydroxylation is 1.